The first-order chi connectivity index (χ1) is 12.2. The third kappa shape index (κ3) is 6.70. The van der Waals surface area contributed by atoms with Gasteiger partial charge in [0.25, 0.3) is 0 Å². The Morgan fingerprint density at radius 2 is 1.85 bits per heavy atom. The molecule has 0 aliphatic rings. The molecule has 6 nitrogen and oxygen atoms in total. The smallest absolute Gasteiger partial charge is 0.213 e. The van der Waals surface area contributed by atoms with Gasteiger partial charge in [-0.25, -0.2) is 9.98 Å². The fraction of sp³-hybridized carbons (Fsp3) is 0.368. The fourth-order valence-electron chi connectivity index (χ4n) is 2.38. The van der Waals surface area contributed by atoms with Crippen LogP contribution in [0.5, 0.6) is 11.6 Å². The standard InChI is InChI=1S/C19H26N4O2.HI/c1-5-20-19(22-13-16-10-11-21-18(12-16)25-4)23(2)14-15-6-8-17(24-3)9-7-15;/h6-12H,5,13-14H2,1-4H3,(H,20,22);1H. The van der Waals surface area contributed by atoms with Crippen molar-refractivity contribution in [3.05, 3.63) is 53.7 Å². The number of rotatable bonds is 7. The minimum absolute atomic E-state index is 0. The first-order valence-corrected chi connectivity index (χ1v) is 8.27. The first-order valence-electron chi connectivity index (χ1n) is 8.27. The molecule has 0 aliphatic heterocycles. The zero-order valence-corrected chi connectivity index (χ0v) is 18.1. The molecule has 1 N–H and O–H groups in total. The van der Waals surface area contributed by atoms with Gasteiger partial charge in [-0.15, -0.1) is 24.0 Å². The van der Waals surface area contributed by atoms with E-state index in [-0.39, 0.29) is 24.0 Å². The lowest BCUT2D eigenvalue weighted by Crippen LogP contribution is -2.38. The SMILES string of the molecule is CCNC(=NCc1ccnc(OC)c1)N(C)Cc1ccc(OC)cc1.I. The molecule has 7 heteroatoms. The average molecular weight is 470 g/mol. The molecule has 26 heavy (non-hydrogen) atoms. The molecular weight excluding hydrogens is 443 g/mol. The number of hydrogen-bond donors (Lipinski definition) is 1. The van der Waals surface area contributed by atoms with E-state index >= 15 is 0 Å². The summed E-state index contributed by atoms with van der Waals surface area (Å²) < 4.78 is 10.4. The molecule has 1 aromatic carbocycles. The minimum Gasteiger partial charge on any atom is -0.497 e. The highest BCUT2D eigenvalue weighted by Crippen LogP contribution is 2.13. The Balaban J connectivity index is 0.00000338. The van der Waals surface area contributed by atoms with E-state index in [0.717, 1.165) is 30.4 Å². The maximum Gasteiger partial charge on any atom is 0.213 e. The van der Waals surface area contributed by atoms with Crippen LogP contribution < -0.4 is 14.8 Å². The number of guanidine groups is 1. The third-order valence-corrected chi connectivity index (χ3v) is 3.70. The summed E-state index contributed by atoms with van der Waals surface area (Å²) in [7, 11) is 5.31. The van der Waals surface area contributed by atoms with Crippen molar-refractivity contribution < 1.29 is 9.47 Å². The molecule has 0 unspecified atom stereocenters. The van der Waals surface area contributed by atoms with Crippen LogP contribution >= 0.6 is 24.0 Å². The van der Waals surface area contributed by atoms with E-state index in [1.807, 2.05) is 31.3 Å². The number of halogens is 1. The second kappa shape index (κ2) is 11.6. The Morgan fingerprint density at radius 1 is 1.12 bits per heavy atom. The summed E-state index contributed by atoms with van der Waals surface area (Å²) in [6.45, 7) is 4.20. The van der Waals surface area contributed by atoms with Crippen LogP contribution in [0.2, 0.25) is 0 Å². The van der Waals surface area contributed by atoms with Crippen LogP contribution in [0.15, 0.2) is 47.6 Å². The molecule has 2 aromatic rings. The van der Waals surface area contributed by atoms with Crippen LogP contribution in [0, 0.1) is 0 Å². The largest absolute Gasteiger partial charge is 0.497 e. The predicted octanol–water partition coefficient (Wildman–Crippen LogP) is 3.31. The van der Waals surface area contributed by atoms with E-state index in [2.05, 4.69) is 34.3 Å². The van der Waals surface area contributed by atoms with Crippen molar-refractivity contribution in [2.45, 2.75) is 20.0 Å². The van der Waals surface area contributed by atoms with Gasteiger partial charge in [0, 0.05) is 32.4 Å². The molecule has 1 aromatic heterocycles. The fourth-order valence-corrected chi connectivity index (χ4v) is 2.38. The number of nitrogens with one attached hydrogen (secondary N) is 1. The number of methoxy groups -OCH3 is 2. The van der Waals surface area contributed by atoms with Crippen molar-refractivity contribution in [2.24, 2.45) is 4.99 Å². The van der Waals surface area contributed by atoms with Gasteiger partial charge < -0.3 is 19.7 Å². The number of nitrogens with zero attached hydrogens (tertiary/aromatic N) is 3. The van der Waals surface area contributed by atoms with Crippen molar-refractivity contribution in [1.29, 1.82) is 0 Å². The van der Waals surface area contributed by atoms with Gasteiger partial charge >= 0.3 is 0 Å². The Hall–Kier alpha value is -2.03. The minimum atomic E-state index is 0. The highest BCUT2D eigenvalue weighted by molar-refractivity contribution is 14.0. The van der Waals surface area contributed by atoms with E-state index in [0.29, 0.717) is 12.4 Å². The van der Waals surface area contributed by atoms with E-state index < -0.39 is 0 Å². The number of aliphatic imine (C=N–C) groups is 1. The maximum absolute atomic E-state index is 5.20. The van der Waals surface area contributed by atoms with Crippen LogP contribution in [-0.4, -0.2) is 43.7 Å². The summed E-state index contributed by atoms with van der Waals surface area (Å²) >= 11 is 0. The van der Waals surface area contributed by atoms with Gasteiger partial charge in [0.05, 0.1) is 20.8 Å². The van der Waals surface area contributed by atoms with Gasteiger partial charge in [-0.3, -0.25) is 0 Å². The molecule has 0 bridgehead atoms. The topological polar surface area (TPSA) is 59.0 Å². The van der Waals surface area contributed by atoms with Crippen LogP contribution in [0.4, 0.5) is 0 Å². The molecule has 2 rings (SSSR count). The van der Waals surface area contributed by atoms with E-state index in [9.17, 15) is 0 Å². The molecule has 0 aliphatic carbocycles. The average Bonchev–Trinajstić information content (AvgIpc) is 2.65. The molecule has 0 fully saturated rings. The van der Waals surface area contributed by atoms with Crippen LogP contribution in [0.3, 0.4) is 0 Å². The zero-order valence-electron chi connectivity index (χ0n) is 15.7. The summed E-state index contributed by atoms with van der Waals surface area (Å²) in [6, 6.07) is 11.9. The Labute approximate surface area is 172 Å². The summed E-state index contributed by atoms with van der Waals surface area (Å²) in [5.41, 5.74) is 2.25. The highest BCUT2D eigenvalue weighted by atomic mass is 127. The second-order valence-electron chi connectivity index (χ2n) is 5.58. The quantitative estimate of drug-likeness (QED) is 0.382. The van der Waals surface area contributed by atoms with Crippen molar-refractivity contribution in [3.8, 4) is 11.6 Å². The van der Waals surface area contributed by atoms with Crippen LogP contribution in [0.1, 0.15) is 18.1 Å². The number of benzene rings is 1. The van der Waals surface area contributed by atoms with Crippen LogP contribution in [-0.2, 0) is 13.1 Å². The van der Waals surface area contributed by atoms with E-state index in [1.54, 1.807) is 20.4 Å². The Morgan fingerprint density at radius 3 is 2.46 bits per heavy atom. The first kappa shape index (κ1) is 22.0. The maximum atomic E-state index is 5.20. The lowest BCUT2D eigenvalue weighted by atomic mass is 10.2. The van der Waals surface area contributed by atoms with E-state index in [4.69, 9.17) is 14.5 Å². The molecule has 142 valence electrons. The molecule has 0 amide bonds. The summed E-state index contributed by atoms with van der Waals surface area (Å²) in [6.07, 6.45) is 1.73. The summed E-state index contributed by atoms with van der Waals surface area (Å²) in [5.74, 6) is 2.32. The van der Waals surface area contributed by atoms with Crippen molar-refractivity contribution in [1.82, 2.24) is 15.2 Å². The van der Waals surface area contributed by atoms with Crippen molar-refractivity contribution in [2.75, 3.05) is 27.8 Å². The van der Waals surface area contributed by atoms with Gasteiger partial charge in [0.15, 0.2) is 5.96 Å². The lowest BCUT2D eigenvalue weighted by molar-refractivity contribution is 0.397. The number of hydrogen-bond acceptors (Lipinski definition) is 4. The highest BCUT2D eigenvalue weighted by Gasteiger charge is 2.07. The lowest BCUT2D eigenvalue weighted by Gasteiger charge is -2.22. The molecule has 0 atom stereocenters. The number of pyridine rings is 1. The van der Waals surface area contributed by atoms with Gasteiger partial charge in [-0.05, 0) is 36.2 Å². The molecule has 0 spiro atoms. The molecule has 0 saturated heterocycles. The van der Waals surface area contributed by atoms with Gasteiger partial charge in [-0.1, -0.05) is 12.1 Å². The third-order valence-electron chi connectivity index (χ3n) is 3.70. The molecule has 0 saturated carbocycles. The monoisotopic (exact) mass is 470 g/mol. The molecule has 1 heterocycles. The van der Waals surface area contributed by atoms with Crippen molar-refractivity contribution >= 4 is 29.9 Å². The van der Waals surface area contributed by atoms with E-state index in [1.165, 1.54) is 5.56 Å². The summed E-state index contributed by atoms with van der Waals surface area (Å²) in [4.78, 5) is 10.9. The molecular formula is C19H27IN4O2. The Bertz CT molecular complexity index is 692. The van der Waals surface area contributed by atoms with Gasteiger partial charge in [0.1, 0.15) is 5.75 Å². The molecule has 0 radical (unpaired) electrons. The normalized spacial score (nSPS) is 10.7. The van der Waals surface area contributed by atoms with Crippen molar-refractivity contribution in [3.63, 3.8) is 0 Å². The predicted molar refractivity (Wildman–Crippen MR) is 115 cm³/mol. The number of ether oxygens (including phenoxy) is 2. The second-order valence-corrected chi connectivity index (χ2v) is 5.58. The Kier molecular flexibility index (Phi) is 9.79. The van der Waals surface area contributed by atoms with Gasteiger partial charge in [-0.2, -0.15) is 0 Å². The summed E-state index contributed by atoms with van der Waals surface area (Å²) in [5, 5.41) is 3.33. The van der Waals surface area contributed by atoms with Crippen LogP contribution in [0.25, 0.3) is 0 Å². The van der Waals surface area contributed by atoms with Gasteiger partial charge in [0.2, 0.25) is 5.88 Å². The zero-order chi connectivity index (χ0) is 18.1. The number of aromatic nitrogens is 1.